The van der Waals surface area contributed by atoms with Crippen molar-refractivity contribution in [2.75, 3.05) is 0 Å². The zero-order chi connectivity index (χ0) is 22.7. The Hall–Kier alpha value is -1.97. The monoisotopic (exact) mass is 444 g/mol. The van der Waals surface area contributed by atoms with Gasteiger partial charge in [0.2, 0.25) is 0 Å². The molecule has 1 nitrogen and oxygen atoms in total. The van der Waals surface area contributed by atoms with Gasteiger partial charge >= 0.3 is 6.11 Å². The molecule has 0 atom stereocenters. The zero-order valence-electron chi connectivity index (χ0n) is 19.4. The van der Waals surface area contributed by atoms with E-state index in [1.807, 2.05) is 6.07 Å². The summed E-state index contributed by atoms with van der Waals surface area (Å²) in [6.45, 7) is 4.37. The lowest BCUT2D eigenvalue weighted by atomic mass is 9.77. The lowest BCUT2D eigenvalue weighted by molar-refractivity contribution is -0.188. The summed E-state index contributed by atoms with van der Waals surface area (Å²) in [7, 11) is 0. The van der Waals surface area contributed by atoms with Crippen LogP contribution < -0.4 is 4.74 Å². The molecule has 0 spiro atoms. The molecule has 1 aliphatic carbocycles. The van der Waals surface area contributed by atoms with E-state index in [0.29, 0.717) is 29.0 Å². The molecule has 0 radical (unpaired) electrons. The van der Waals surface area contributed by atoms with E-state index in [1.165, 1.54) is 12.8 Å². The molecule has 2 aromatic rings. The highest BCUT2D eigenvalue weighted by Crippen LogP contribution is 2.50. The summed E-state index contributed by atoms with van der Waals surface area (Å²) in [5.74, 6) is 0.131. The first kappa shape index (κ1) is 23.2. The summed E-state index contributed by atoms with van der Waals surface area (Å²) in [5.41, 5.74) is 2.10. The van der Waals surface area contributed by atoms with Gasteiger partial charge in [-0.25, -0.2) is 4.39 Å². The van der Waals surface area contributed by atoms with Gasteiger partial charge in [0, 0.05) is 5.56 Å². The Kier molecular flexibility index (Phi) is 7.17. The molecule has 1 heterocycles. The van der Waals surface area contributed by atoms with Crippen molar-refractivity contribution in [1.82, 2.24) is 0 Å². The maximum atomic E-state index is 15.1. The highest BCUT2D eigenvalue weighted by molar-refractivity contribution is 5.77. The number of hydrogen-bond acceptors (Lipinski definition) is 1. The van der Waals surface area contributed by atoms with Crippen molar-refractivity contribution in [3.05, 3.63) is 52.8 Å². The minimum absolute atomic E-state index is 0.133. The highest BCUT2D eigenvalue weighted by Gasteiger charge is 2.43. The number of rotatable bonds is 8. The first-order valence-electron chi connectivity index (χ1n) is 12.5. The number of benzene rings is 2. The van der Waals surface area contributed by atoms with Crippen LogP contribution in [0.5, 0.6) is 5.75 Å². The van der Waals surface area contributed by atoms with Crippen molar-refractivity contribution >= 4 is 0 Å². The summed E-state index contributed by atoms with van der Waals surface area (Å²) < 4.78 is 50.3. The molecule has 1 fully saturated rings. The van der Waals surface area contributed by atoms with Crippen molar-refractivity contribution in [3.63, 3.8) is 0 Å². The summed E-state index contributed by atoms with van der Waals surface area (Å²) in [4.78, 5) is 0. The Morgan fingerprint density at radius 1 is 0.906 bits per heavy atom. The summed E-state index contributed by atoms with van der Waals surface area (Å²) >= 11 is 0. The SMILES string of the molecule is CCCCCCCc1ccc2c(c1F)OC(F)(F)c1cc(C3CCC(CC)CC3)ccc1-2. The summed E-state index contributed by atoms with van der Waals surface area (Å²) in [6.07, 6.45) is 7.90. The predicted molar refractivity (Wildman–Crippen MR) is 124 cm³/mol. The van der Waals surface area contributed by atoms with Gasteiger partial charge in [0.05, 0.1) is 5.56 Å². The average Bonchev–Trinajstić information content (AvgIpc) is 2.80. The largest absolute Gasteiger partial charge is 0.427 e. The molecule has 0 amide bonds. The number of halogens is 3. The summed E-state index contributed by atoms with van der Waals surface area (Å²) in [6, 6.07) is 8.80. The van der Waals surface area contributed by atoms with E-state index in [9.17, 15) is 0 Å². The number of hydrogen-bond donors (Lipinski definition) is 0. The molecule has 4 heteroatoms. The second-order valence-electron chi connectivity index (χ2n) is 9.63. The van der Waals surface area contributed by atoms with E-state index in [1.54, 1.807) is 24.3 Å². The van der Waals surface area contributed by atoms with Crippen molar-refractivity contribution < 1.29 is 17.9 Å². The standard InChI is InChI=1S/C28H35F3O/c1-3-5-6-7-8-9-21-14-17-24-23-16-15-22(20-12-10-19(4-2)11-13-20)18-25(23)28(30,31)32-27(24)26(21)29/h14-20H,3-13H2,1-2H3. The molecule has 0 aromatic heterocycles. The highest BCUT2D eigenvalue weighted by atomic mass is 19.3. The molecule has 1 aliphatic heterocycles. The van der Waals surface area contributed by atoms with E-state index < -0.39 is 11.9 Å². The predicted octanol–water partition coefficient (Wildman–Crippen LogP) is 9.13. The molecule has 4 rings (SSSR count). The quantitative estimate of drug-likeness (QED) is 0.369. The van der Waals surface area contributed by atoms with E-state index in [0.717, 1.165) is 62.8 Å². The van der Waals surface area contributed by atoms with Gasteiger partial charge in [-0.3, -0.25) is 0 Å². The maximum absolute atomic E-state index is 15.1. The Bertz CT molecular complexity index is 929. The van der Waals surface area contributed by atoms with Gasteiger partial charge in [-0.05, 0) is 73.1 Å². The van der Waals surface area contributed by atoms with Crippen LogP contribution in [0.3, 0.4) is 0 Å². The van der Waals surface area contributed by atoms with Crippen molar-refractivity contribution in [2.24, 2.45) is 5.92 Å². The topological polar surface area (TPSA) is 9.23 Å². The van der Waals surface area contributed by atoms with E-state index in [-0.39, 0.29) is 11.3 Å². The van der Waals surface area contributed by atoms with Gasteiger partial charge in [-0.15, -0.1) is 0 Å². The first-order chi connectivity index (χ1) is 15.4. The minimum atomic E-state index is -3.53. The molecule has 0 unspecified atom stereocenters. The fraction of sp³-hybridized carbons (Fsp3) is 0.571. The van der Waals surface area contributed by atoms with E-state index in [2.05, 4.69) is 13.8 Å². The number of ether oxygens (including phenoxy) is 1. The zero-order valence-corrected chi connectivity index (χ0v) is 19.4. The smallest absolute Gasteiger partial charge is 0.425 e. The average molecular weight is 445 g/mol. The normalized spacial score (nSPS) is 21.5. The lowest BCUT2D eigenvalue weighted by Crippen LogP contribution is -2.28. The van der Waals surface area contributed by atoms with Crippen LogP contribution in [0.25, 0.3) is 11.1 Å². The van der Waals surface area contributed by atoms with Crippen molar-refractivity contribution in [2.45, 2.75) is 96.5 Å². The number of fused-ring (bicyclic) bond motifs is 3. The fourth-order valence-electron chi connectivity index (χ4n) is 5.40. The number of aryl methyl sites for hydroxylation is 1. The second-order valence-corrected chi connectivity index (χ2v) is 9.63. The second kappa shape index (κ2) is 9.89. The minimum Gasteiger partial charge on any atom is -0.425 e. The molecule has 174 valence electrons. The Labute approximate surface area is 190 Å². The van der Waals surface area contributed by atoms with Gasteiger partial charge in [-0.1, -0.05) is 70.2 Å². The Balaban J connectivity index is 1.58. The third-order valence-corrected chi connectivity index (χ3v) is 7.50. The Morgan fingerprint density at radius 3 is 2.34 bits per heavy atom. The van der Waals surface area contributed by atoms with Crippen LogP contribution in [0.1, 0.15) is 101 Å². The van der Waals surface area contributed by atoms with Gasteiger partial charge < -0.3 is 4.74 Å². The third-order valence-electron chi connectivity index (χ3n) is 7.50. The van der Waals surface area contributed by atoms with Crippen LogP contribution >= 0.6 is 0 Å². The number of unbranched alkanes of at least 4 members (excludes halogenated alkanes) is 4. The van der Waals surface area contributed by atoms with E-state index in [4.69, 9.17) is 4.74 Å². The van der Waals surface area contributed by atoms with E-state index >= 15 is 13.2 Å². The molecule has 32 heavy (non-hydrogen) atoms. The molecule has 2 aromatic carbocycles. The lowest BCUT2D eigenvalue weighted by Gasteiger charge is -2.32. The molecular formula is C28H35F3O. The van der Waals surface area contributed by atoms with Crippen molar-refractivity contribution in [1.29, 1.82) is 0 Å². The molecule has 1 saturated carbocycles. The fourth-order valence-corrected chi connectivity index (χ4v) is 5.40. The molecular weight excluding hydrogens is 409 g/mol. The van der Waals surface area contributed by atoms with Crippen LogP contribution in [0.15, 0.2) is 30.3 Å². The van der Waals surface area contributed by atoms with Gasteiger partial charge in [0.15, 0.2) is 11.6 Å². The van der Waals surface area contributed by atoms with Crippen LogP contribution in [-0.4, -0.2) is 0 Å². The third kappa shape index (κ3) is 4.70. The van der Waals surface area contributed by atoms with Crippen LogP contribution in [0.4, 0.5) is 13.2 Å². The molecule has 0 N–H and O–H groups in total. The molecule has 0 bridgehead atoms. The van der Waals surface area contributed by atoms with Crippen LogP contribution in [-0.2, 0) is 12.5 Å². The molecule has 2 aliphatic rings. The van der Waals surface area contributed by atoms with Crippen LogP contribution in [0.2, 0.25) is 0 Å². The van der Waals surface area contributed by atoms with Gasteiger partial charge in [0.1, 0.15) is 0 Å². The summed E-state index contributed by atoms with van der Waals surface area (Å²) in [5, 5.41) is 0. The number of alkyl halides is 2. The van der Waals surface area contributed by atoms with Gasteiger partial charge in [-0.2, -0.15) is 8.78 Å². The first-order valence-corrected chi connectivity index (χ1v) is 12.5. The molecule has 0 saturated heterocycles. The van der Waals surface area contributed by atoms with Crippen molar-refractivity contribution in [3.8, 4) is 16.9 Å². The Morgan fingerprint density at radius 2 is 1.62 bits per heavy atom. The van der Waals surface area contributed by atoms with Crippen LogP contribution in [0, 0.1) is 11.7 Å². The van der Waals surface area contributed by atoms with Gasteiger partial charge in [0.25, 0.3) is 0 Å². The maximum Gasteiger partial charge on any atom is 0.427 e.